The molecule has 0 saturated carbocycles. The Kier molecular flexibility index (Phi) is 8.43. The lowest BCUT2D eigenvalue weighted by atomic mass is 10.1. The van der Waals surface area contributed by atoms with Crippen LogP contribution in [0.3, 0.4) is 0 Å². The molecule has 0 aliphatic heterocycles. The van der Waals surface area contributed by atoms with Gasteiger partial charge in [0.15, 0.2) is 0 Å². The summed E-state index contributed by atoms with van der Waals surface area (Å²) >= 11 is 0. The lowest BCUT2D eigenvalue weighted by molar-refractivity contribution is -0.139. The van der Waals surface area contributed by atoms with Crippen LogP contribution in [-0.4, -0.2) is 51.7 Å². The second kappa shape index (κ2) is 10.0. The van der Waals surface area contributed by atoms with Crippen molar-refractivity contribution >= 4 is 21.9 Å². The zero-order chi connectivity index (χ0) is 19.7. The highest BCUT2D eigenvalue weighted by molar-refractivity contribution is 7.89. The number of carboxylic acid groups (broad SMARTS) is 1. The molecule has 0 bridgehead atoms. The molecule has 9 heteroatoms. The van der Waals surface area contributed by atoms with E-state index in [2.05, 4.69) is 16.6 Å². The van der Waals surface area contributed by atoms with E-state index in [1.165, 1.54) is 25.3 Å². The number of aryl methyl sites for hydroxylation is 1. The average Bonchev–Trinajstić information content (AvgIpc) is 2.58. The Hall–Kier alpha value is -2.23. The molecule has 1 aromatic rings. The Balaban J connectivity index is 3.03. The van der Waals surface area contributed by atoms with E-state index in [1.807, 2.05) is 0 Å². The number of carbonyl (C=O) groups excluding carboxylic acids is 1. The van der Waals surface area contributed by atoms with Crippen molar-refractivity contribution < 1.29 is 27.9 Å². The molecule has 1 amide bonds. The summed E-state index contributed by atoms with van der Waals surface area (Å²) in [6, 6.07) is 3.03. The number of carbonyl (C=O) groups is 2. The van der Waals surface area contributed by atoms with Crippen molar-refractivity contribution in [2.24, 2.45) is 0 Å². The molecule has 0 radical (unpaired) electrons. The first-order valence-electron chi connectivity index (χ1n) is 7.96. The van der Waals surface area contributed by atoms with Gasteiger partial charge in [-0.05, 0) is 37.5 Å². The minimum absolute atomic E-state index is 0.0812. The van der Waals surface area contributed by atoms with Gasteiger partial charge in [-0.25, -0.2) is 17.9 Å². The number of nitrogens with one attached hydrogen (secondary N) is 2. The van der Waals surface area contributed by atoms with Crippen molar-refractivity contribution in [3.05, 3.63) is 42.0 Å². The maximum absolute atomic E-state index is 12.4. The molecule has 1 unspecified atom stereocenters. The van der Waals surface area contributed by atoms with Gasteiger partial charge in [-0.15, -0.1) is 6.58 Å². The number of allylic oxidation sites excluding steroid dienone is 1. The molecule has 0 aliphatic carbocycles. The van der Waals surface area contributed by atoms with Crippen LogP contribution in [0.15, 0.2) is 35.7 Å². The molecule has 26 heavy (non-hydrogen) atoms. The van der Waals surface area contributed by atoms with Gasteiger partial charge in [0.25, 0.3) is 5.91 Å². The molecule has 0 aliphatic rings. The van der Waals surface area contributed by atoms with Gasteiger partial charge in [-0.2, -0.15) is 0 Å². The van der Waals surface area contributed by atoms with Gasteiger partial charge >= 0.3 is 5.97 Å². The monoisotopic (exact) mass is 384 g/mol. The zero-order valence-corrected chi connectivity index (χ0v) is 15.6. The second-order valence-corrected chi connectivity index (χ2v) is 7.36. The molecular weight excluding hydrogens is 360 g/mol. The number of carboxylic acids is 1. The van der Waals surface area contributed by atoms with Crippen molar-refractivity contribution in [1.29, 1.82) is 0 Å². The van der Waals surface area contributed by atoms with Crippen molar-refractivity contribution in [2.45, 2.75) is 30.7 Å². The molecular formula is C17H24N2O6S. The van der Waals surface area contributed by atoms with E-state index in [4.69, 9.17) is 4.74 Å². The largest absolute Gasteiger partial charge is 0.480 e. The highest BCUT2D eigenvalue weighted by Crippen LogP contribution is 2.16. The summed E-state index contributed by atoms with van der Waals surface area (Å²) in [5.74, 6) is -1.81. The van der Waals surface area contributed by atoms with Crippen molar-refractivity contribution in [2.75, 3.05) is 20.3 Å². The summed E-state index contributed by atoms with van der Waals surface area (Å²) in [4.78, 5) is 23.6. The van der Waals surface area contributed by atoms with Crippen molar-refractivity contribution in [3.63, 3.8) is 0 Å². The predicted octanol–water partition coefficient (Wildman–Crippen LogP) is 1.07. The summed E-state index contributed by atoms with van der Waals surface area (Å²) in [7, 11) is -2.35. The van der Waals surface area contributed by atoms with Crippen molar-refractivity contribution in [3.8, 4) is 0 Å². The molecule has 3 N–H and O–H groups in total. The van der Waals surface area contributed by atoms with Crippen molar-refractivity contribution in [1.82, 2.24) is 10.0 Å². The maximum Gasteiger partial charge on any atom is 0.326 e. The molecule has 1 rings (SSSR count). The lowest BCUT2D eigenvalue weighted by Gasteiger charge is -2.15. The fourth-order valence-corrected chi connectivity index (χ4v) is 3.19. The van der Waals surface area contributed by atoms with Crippen LogP contribution in [-0.2, 0) is 19.6 Å². The van der Waals surface area contributed by atoms with E-state index in [0.717, 1.165) is 0 Å². The molecule has 1 atom stereocenters. The first-order chi connectivity index (χ1) is 12.2. The Morgan fingerprint density at radius 3 is 2.65 bits per heavy atom. The number of hydrogen-bond acceptors (Lipinski definition) is 5. The van der Waals surface area contributed by atoms with Crippen LogP contribution in [0, 0.1) is 6.92 Å². The van der Waals surface area contributed by atoms with Crippen LogP contribution in [0.25, 0.3) is 0 Å². The van der Waals surface area contributed by atoms with Crippen LogP contribution in [0.5, 0.6) is 0 Å². The van der Waals surface area contributed by atoms with Crippen LogP contribution in [0.4, 0.5) is 0 Å². The minimum Gasteiger partial charge on any atom is -0.480 e. The van der Waals surface area contributed by atoms with E-state index in [0.29, 0.717) is 12.0 Å². The van der Waals surface area contributed by atoms with Gasteiger partial charge in [0.05, 0.1) is 11.5 Å². The molecule has 144 valence electrons. The second-order valence-electron chi connectivity index (χ2n) is 5.60. The molecule has 0 heterocycles. The summed E-state index contributed by atoms with van der Waals surface area (Å²) in [6.45, 7) is 5.47. The average molecular weight is 384 g/mol. The Morgan fingerprint density at radius 2 is 2.08 bits per heavy atom. The number of rotatable bonds is 11. The summed E-state index contributed by atoms with van der Waals surface area (Å²) in [5.41, 5.74) is 0.635. The Labute approximate surface area is 153 Å². The number of benzene rings is 1. The van der Waals surface area contributed by atoms with Crippen LogP contribution in [0.2, 0.25) is 0 Å². The van der Waals surface area contributed by atoms with E-state index in [9.17, 15) is 23.1 Å². The third-order valence-corrected chi connectivity index (χ3v) is 5.08. The highest BCUT2D eigenvalue weighted by Gasteiger charge is 2.22. The summed E-state index contributed by atoms with van der Waals surface area (Å²) < 4.78 is 31.7. The fourth-order valence-electron chi connectivity index (χ4n) is 2.15. The number of aliphatic carboxylic acids is 1. The van der Waals surface area contributed by atoms with E-state index in [1.54, 1.807) is 13.0 Å². The van der Waals surface area contributed by atoms with Crippen LogP contribution < -0.4 is 10.0 Å². The SMILES string of the molecule is C=CCCC(NC(=O)c1cc(S(=O)(=O)NCCOC)ccc1C)C(=O)O. The number of amides is 1. The van der Waals surface area contributed by atoms with Crippen LogP contribution >= 0.6 is 0 Å². The predicted molar refractivity (Wildman–Crippen MR) is 96.6 cm³/mol. The maximum atomic E-state index is 12.4. The Morgan fingerprint density at radius 1 is 1.38 bits per heavy atom. The van der Waals surface area contributed by atoms with Gasteiger partial charge in [-0.1, -0.05) is 12.1 Å². The molecule has 0 spiro atoms. The third kappa shape index (κ3) is 6.25. The first-order valence-corrected chi connectivity index (χ1v) is 9.45. The number of hydrogen-bond donors (Lipinski definition) is 3. The van der Waals surface area contributed by atoms with Gasteiger partial charge < -0.3 is 15.2 Å². The Bertz CT molecular complexity index is 761. The topological polar surface area (TPSA) is 122 Å². The normalized spacial score (nSPS) is 12.4. The molecule has 8 nitrogen and oxygen atoms in total. The van der Waals surface area contributed by atoms with E-state index < -0.39 is 27.9 Å². The fraction of sp³-hybridized carbons (Fsp3) is 0.412. The quantitative estimate of drug-likeness (QED) is 0.387. The number of ether oxygens (including phenoxy) is 1. The summed E-state index contributed by atoms with van der Waals surface area (Å²) in [6.07, 6.45) is 2.18. The van der Waals surface area contributed by atoms with E-state index in [-0.39, 0.29) is 30.0 Å². The van der Waals surface area contributed by atoms with Gasteiger partial charge in [0.2, 0.25) is 10.0 Å². The molecule has 0 saturated heterocycles. The number of sulfonamides is 1. The lowest BCUT2D eigenvalue weighted by Crippen LogP contribution is -2.41. The summed E-state index contributed by atoms with van der Waals surface area (Å²) in [5, 5.41) is 11.6. The van der Waals surface area contributed by atoms with E-state index >= 15 is 0 Å². The number of methoxy groups -OCH3 is 1. The first kappa shape index (κ1) is 21.8. The minimum atomic E-state index is -3.80. The molecule has 0 aromatic heterocycles. The highest BCUT2D eigenvalue weighted by atomic mass is 32.2. The van der Waals surface area contributed by atoms with Gasteiger partial charge in [0, 0.05) is 19.2 Å². The molecule has 1 aromatic carbocycles. The van der Waals surface area contributed by atoms with Gasteiger partial charge in [-0.3, -0.25) is 4.79 Å². The smallest absolute Gasteiger partial charge is 0.326 e. The standard InChI is InChI=1S/C17H24N2O6S/c1-4-5-6-15(17(21)22)19-16(20)14-11-13(8-7-12(14)2)26(23,24)18-9-10-25-3/h4,7-8,11,15,18H,1,5-6,9-10H2,2-3H3,(H,19,20)(H,21,22). The third-order valence-electron chi connectivity index (χ3n) is 3.63. The van der Waals surface area contributed by atoms with Gasteiger partial charge in [0.1, 0.15) is 6.04 Å². The van der Waals surface area contributed by atoms with Crippen LogP contribution in [0.1, 0.15) is 28.8 Å². The molecule has 0 fully saturated rings. The zero-order valence-electron chi connectivity index (χ0n) is 14.8.